The molecule has 45 heavy (non-hydrogen) atoms. The Bertz CT molecular complexity index is 1600. The van der Waals surface area contributed by atoms with E-state index in [4.69, 9.17) is 0 Å². The van der Waals surface area contributed by atoms with E-state index in [0.29, 0.717) is 18.7 Å². The van der Waals surface area contributed by atoms with Crippen molar-refractivity contribution >= 4 is 28.2 Å². The standard InChI is InChI=1S/C37H47FN6O/c1-28-29(2)44(16-5-15-41-20-18-40(3)19-21-41)36-13-12-34(27-35(28)36)39-33-7-4-6-31(26-33)37(45)43-24-22-42(23-25-43)17-14-30-8-10-32(38)11-9-30/h4,6-13,26-27,39H,5,14-25H2,1-3H3. The van der Waals surface area contributed by atoms with Crippen molar-refractivity contribution in [3.8, 4) is 0 Å². The molecule has 0 bridgehead atoms. The first-order valence-corrected chi connectivity index (χ1v) is 16.5. The van der Waals surface area contributed by atoms with Gasteiger partial charge in [0.1, 0.15) is 5.82 Å². The lowest BCUT2D eigenvalue weighted by atomic mass is 10.1. The molecule has 0 atom stereocenters. The van der Waals surface area contributed by atoms with Crippen molar-refractivity contribution in [1.29, 1.82) is 0 Å². The van der Waals surface area contributed by atoms with Crippen LogP contribution in [0.25, 0.3) is 10.9 Å². The molecule has 0 spiro atoms. The highest BCUT2D eigenvalue weighted by Gasteiger charge is 2.22. The van der Waals surface area contributed by atoms with Crippen molar-refractivity contribution in [2.75, 3.05) is 77.8 Å². The molecule has 0 unspecified atom stereocenters. The lowest BCUT2D eigenvalue weighted by Crippen LogP contribution is -2.49. The number of amides is 1. The van der Waals surface area contributed by atoms with Crippen LogP contribution in [0.3, 0.4) is 0 Å². The summed E-state index contributed by atoms with van der Waals surface area (Å²) in [4.78, 5) is 22.8. The summed E-state index contributed by atoms with van der Waals surface area (Å²) in [6.07, 6.45) is 2.04. The lowest BCUT2D eigenvalue weighted by Gasteiger charge is -2.34. The smallest absolute Gasteiger partial charge is 0.254 e. The van der Waals surface area contributed by atoms with Crippen molar-refractivity contribution in [3.63, 3.8) is 0 Å². The molecule has 2 saturated heterocycles. The fourth-order valence-electron chi connectivity index (χ4n) is 6.73. The Morgan fingerprint density at radius 3 is 2.22 bits per heavy atom. The van der Waals surface area contributed by atoms with Crippen molar-refractivity contribution in [1.82, 2.24) is 24.2 Å². The first-order chi connectivity index (χ1) is 21.8. The Hall–Kier alpha value is -3.72. The number of fused-ring (bicyclic) bond motifs is 1. The topological polar surface area (TPSA) is 47.0 Å². The first-order valence-electron chi connectivity index (χ1n) is 16.5. The van der Waals surface area contributed by atoms with Gasteiger partial charge in [0.2, 0.25) is 0 Å². The molecular formula is C37H47FN6O. The second-order valence-corrected chi connectivity index (χ2v) is 12.8. The third-order valence-corrected chi connectivity index (χ3v) is 9.78. The zero-order chi connectivity index (χ0) is 31.3. The second kappa shape index (κ2) is 14.1. The summed E-state index contributed by atoms with van der Waals surface area (Å²) in [6.45, 7) is 15.3. The van der Waals surface area contributed by atoms with Gasteiger partial charge in [-0.3, -0.25) is 9.69 Å². The van der Waals surface area contributed by atoms with Gasteiger partial charge in [-0.25, -0.2) is 4.39 Å². The van der Waals surface area contributed by atoms with Crippen LogP contribution < -0.4 is 5.32 Å². The fourth-order valence-corrected chi connectivity index (χ4v) is 6.73. The van der Waals surface area contributed by atoms with Crippen LogP contribution in [0, 0.1) is 19.7 Å². The maximum Gasteiger partial charge on any atom is 0.254 e. The van der Waals surface area contributed by atoms with E-state index in [1.807, 2.05) is 41.3 Å². The first kappa shape index (κ1) is 31.3. The van der Waals surface area contributed by atoms with Crippen molar-refractivity contribution in [2.45, 2.75) is 33.2 Å². The summed E-state index contributed by atoms with van der Waals surface area (Å²) >= 11 is 0. The molecule has 4 aromatic rings. The number of hydrogen-bond donors (Lipinski definition) is 1. The van der Waals surface area contributed by atoms with Gasteiger partial charge in [-0.15, -0.1) is 0 Å². The quantitative estimate of drug-likeness (QED) is 0.247. The highest BCUT2D eigenvalue weighted by atomic mass is 19.1. The van der Waals surface area contributed by atoms with Gasteiger partial charge >= 0.3 is 0 Å². The van der Waals surface area contributed by atoms with Gasteiger partial charge in [0, 0.05) is 99.0 Å². The Labute approximate surface area is 267 Å². The molecule has 0 radical (unpaired) electrons. The number of rotatable bonds is 10. The average molecular weight is 611 g/mol. The third-order valence-electron chi connectivity index (χ3n) is 9.78. The number of anilines is 2. The van der Waals surface area contributed by atoms with E-state index in [-0.39, 0.29) is 11.7 Å². The molecular weight excluding hydrogens is 563 g/mol. The number of nitrogens with one attached hydrogen (secondary N) is 1. The number of aryl methyl sites for hydroxylation is 2. The van der Waals surface area contributed by atoms with Crippen LogP contribution in [0.1, 0.15) is 33.6 Å². The van der Waals surface area contributed by atoms with Gasteiger partial charge in [-0.1, -0.05) is 18.2 Å². The molecule has 6 rings (SSSR count). The Morgan fingerprint density at radius 1 is 0.778 bits per heavy atom. The molecule has 238 valence electrons. The molecule has 3 heterocycles. The van der Waals surface area contributed by atoms with Crippen LogP contribution in [0.2, 0.25) is 0 Å². The largest absolute Gasteiger partial charge is 0.355 e. The minimum atomic E-state index is -0.200. The molecule has 1 amide bonds. The molecule has 0 saturated carbocycles. The normalized spacial score (nSPS) is 16.8. The van der Waals surface area contributed by atoms with Crippen LogP contribution in [-0.2, 0) is 13.0 Å². The van der Waals surface area contributed by atoms with Gasteiger partial charge in [-0.2, -0.15) is 0 Å². The molecule has 2 fully saturated rings. The van der Waals surface area contributed by atoms with Crippen LogP contribution in [0.4, 0.5) is 15.8 Å². The summed E-state index contributed by atoms with van der Waals surface area (Å²) in [7, 11) is 2.21. The number of carbonyl (C=O) groups is 1. The van der Waals surface area contributed by atoms with E-state index < -0.39 is 0 Å². The zero-order valence-corrected chi connectivity index (χ0v) is 27.1. The Kier molecular flexibility index (Phi) is 9.83. The van der Waals surface area contributed by atoms with E-state index in [9.17, 15) is 9.18 Å². The summed E-state index contributed by atoms with van der Waals surface area (Å²) in [5.74, 6) is -0.124. The predicted molar refractivity (Wildman–Crippen MR) is 182 cm³/mol. The van der Waals surface area contributed by atoms with Gasteiger partial charge < -0.3 is 24.6 Å². The van der Waals surface area contributed by atoms with Crippen LogP contribution in [-0.4, -0.2) is 103 Å². The number of piperazine rings is 2. The molecule has 3 aromatic carbocycles. The lowest BCUT2D eigenvalue weighted by molar-refractivity contribution is 0.0638. The van der Waals surface area contributed by atoms with E-state index in [0.717, 1.165) is 75.6 Å². The SMILES string of the molecule is Cc1c(C)n(CCCN2CCN(C)CC2)c2ccc(Nc3cccc(C(=O)N4CCN(CCc5ccc(F)cc5)CC4)c3)cc12. The minimum Gasteiger partial charge on any atom is -0.355 e. The van der Waals surface area contributed by atoms with Crippen LogP contribution in [0.15, 0.2) is 66.7 Å². The summed E-state index contributed by atoms with van der Waals surface area (Å²) in [5.41, 5.74) is 7.74. The molecule has 0 aliphatic carbocycles. The van der Waals surface area contributed by atoms with Gasteiger partial charge in [0.15, 0.2) is 0 Å². The molecule has 2 aliphatic heterocycles. The maximum atomic E-state index is 13.4. The monoisotopic (exact) mass is 610 g/mol. The third kappa shape index (κ3) is 7.57. The summed E-state index contributed by atoms with van der Waals surface area (Å²) < 4.78 is 15.7. The number of nitrogens with zero attached hydrogens (tertiary/aromatic N) is 5. The highest BCUT2D eigenvalue weighted by molar-refractivity contribution is 5.95. The average Bonchev–Trinajstić information content (AvgIpc) is 3.29. The number of benzene rings is 3. The highest BCUT2D eigenvalue weighted by Crippen LogP contribution is 2.30. The number of carbonyl (C=O) groups excluding carboxylic acids is 1. The number of hydrogen-bond acceptors (Lipinski definition) is 5. The number of aromatic nitrogens is 1. The number of likely N-dealkylation sites (N-methyl/N-ethyl adjacent to an activating group) is 1. The summed E-state index contributed by atoms with van der Waals surface area (Å²) in [6, 6.07) is 21.2. The van der Waals surface area contributed by atoms with Crippen LogP contribution in [0.5, 0.6) is 0 Å². The Morgan fingerprint density at radius 2 is 1.47 bits per heavy atom. The molecule has 8 heteroatoms. The van der Waals surface area contributed by atoms with Crippen molar-refractivity contribution in [2.24, 2.45) is 0 Å². The summed E-state index contributed by atoms with van der Waals surface area (Å²) in [5, 5.41) is 4.84. The molecule has 2 aliphatic rings. The molecule has 1 N–H and O–H groups in total. The fraction of sp³-hybridized carbons (Fsp3) is 0.432. The maximum absolute atomic E-state index is 13.4. The van der Waals surface area contributed by atoms with Crippen LogP contribution >= 0.6 is 0 Å². The zero-order valence-electron chi connectivity index (χ0n) is 27.1. The van der Waals surface area contributed by atoms with Crippen molar-refractivity contribution < 1.29 is 9.18 Å². The van der Waals surface area contributed by atoms with Crippen molar-refractivity contribution in [3.05, 3.63) is 94.9 Å². The number of halogens is 1. The van der Waals surface area contributed by atoms with E-state index in [2.05, 4.69) is 63.7 Å². The van der Waals surface area contributed by atoms with E-state index in [1.54, 1.807) is 0 Å². The van der Waals surface area contributed by atoms with E-state index >= 15 is 0 Å². The van der Waals surface area contributed by atoms with Gasteiger partial charge in [0.25, 0.3) is 5.91 Å². The Balaban J connectivity index is 1.04. The molecule has 7 nitrogen and oxygen atoms in total. The molecule has 1 aromatic heterocycles. The minimum absolute atomic E-state index is 0.0763. The van der Waals surface area contributed by atoms with Gasteiger partial charge in [0.05, 0.1) is 0 Å². The second-order valence-electron chi connectivity index (χ2n) is 12.8. The van der Waals surface area contributed by atoms with Gasteiger partial charge in [-0.05, 0) is 99.9 Å². The predicted octanol–water partition coefficient (Wildman–Crippen LogP) is 5.78. The van der Waals surface area contributed by atoms with E-state index in [1.165, 1.54) is 47.4 Å².